The molecule has 142 valence electrons. The van der Waals surface area contributed by atoms with Crippen LogP contribution in [0.1, 0.15) is 16.5 Å². The Labute approximate surface area is 167 Å². The van der Waals surface area contributed by atoms with E-state index in [-0.39, 0.29) is 0 Å². The highest BCUT2D eigenvalue weighted by Gasteiger charge is 2.24. The lowest BCUT2D eigenvalue weighted by Crippen LogP contribution is -2.25. The fourth-order valence-electron chi connectivity index (χ4n) is 2.50. The summed E-state index contributed by atoms with van der Waals surface area (Å²) >= 11 is 1.51. The molecular weight excluding hydrogens is 374 g/mol. The minimum Gasteiger partial charge on any atom is -0.497 e. The highest BCUT2D eigenvalue weighted by molar-refractivity contribution is 7.10. The highest BCUT2D eigenvalue weighted by atomic mass is 32.1. The first-order valence-corrected chi connectivity index (χ1v) is 9.46. The summed E-state index contributed by atoms with van der Waals surface area (Å²) in [5.74, 6) is -0.426. The Morgan fingerprint density at radius 1 is 1.04 bits per heavy atom. The van der Waals surface area contributed by atoms with Gasteiger partial charge in [-0.1, -0.05) is 42.5 Å². The van der Waals surface area contributed by atoms with Crippen LogP contribution < -0.4 is 10.1 Å². The number of anilines is 1. The van der Waals surface area contributed by atoms with Crippen LogP contribution in [0.5, 0.6) is 5.75 Å². The van der Waals surface area contributed by atoms with Gasteiger partial charge in [0.05, 0.1) is 7.11 Å². The zero-order chi connectivity index (χ0) is 19.8. The van der Waals surface area contributed by atoms with Gasteiger partial charge in [0, 0.05) is 28.3 Å². The SMILES string of the molecule is COc1cccc(NC(=O)C(OC(=O)/C=C/c2cccs2)c2ccccc2)c1. The van der Waals surface area contributed by atoms with Gasteiger partial charge in [-0.2, -0.15) is 0 Å². The number of benzene rings is 2. The molecule has 3 rings (SSSR count). The molecule has 0 aliphatic heterocycles. The smallest absolute Gasteiger partial charge is 0.331 e. The van der Waals surface area contributed by atoms with E-state index in [9.17, 15) is 9.59 Å². The van der Waals surface area contributed by atoms with Gasteiger partial charge in [0.2, 0.25) is 6.10 Å². The van der Waals surface area contributed by atoms with Crippen LogP contribution in [0.2, 0.25) is 0 Å². The highest BCUT2D eigenvalue weighted by Crippen LogP contribution is 2.23. The Bertz CT molecular complexity index is 952. The van der Waals surface area contributed by atoms with Gasteiger partial charge in [0.25, 0.3) is 5.91 Å². The van der Waals surface area contributed by atoms with Crippen LogP contribution in [0.3, 0.4) is 0 Å². The number of hydrogen-bond acceptors (Lipinski definition) is 5. The first kappa shape index (κ1) is 19.4. The number of hydrogen-bond donors (Lipinski definition) is 1. The maximum absolute atomic E-state index is 12.8. The quantitative estimate of drug-likeness (QED) is 0.467. The Morgan fingerprint density at radius 2 is 1.86 bits per heavy atom. The number of esters is 1. The summed E-state index contributed by atoms with van der Waals surface area (Å²) in [7, 11) is 1.55. The second-order valence-corrected chi connectivity index (χ2v) is 6.78. The Hall–Kier alpha value is -3.38. The summed E-state index contributed by atoms with van der Waals surface area (Å²) in [4.78, 5) is 26.0. The number of amides is 1. The summed E-state index contributed by atoms with van der Waals surface area (Å²) in [6, 6.07) is 19.6. The number of thiophene rings is 1. The van der Waals surface area contributed by atoms with Gasteiger partial charge in [0.15, 0.2) is 0 Å². The van der Waals surface area contributed by atoms with Crippen LogP contribution in [0, 0.1) is 0 Å². The molecule has 0 aliphatic carbocycles. The molecule has 28 heavy (non-hydrogen) atoms. The molecule has 1 N–H and O–H groups in total. The molecule has 0 spiro atoms. The minimum atomic E-state index is -1.08. The third kappa shape index (κ3) is 5.31. The molecule has 0 radical (unpaired) electrons. The molecule has 0 saturated heterocycles. The van der Waals surface area contributed by atoms with E-state index in [0.717, 1.165) is 4.88 Å². The largest absolute Gasteiger partial charge is 0.497 e. The third-order valence-electron chi connectivity index (χ3n) is 3.84. The number of carbonyl (C=O) groups excluding carboxylic acids is 2. The van der Waals surface area contributed by atoms with E-state index in [1.165, 1.54) is 17.4 Å². The van der Waals surface area contributed by atoms with Crippen molar-refractivity contribution in [2.45, 2.75) is 6.10 Å². The summed E-state index contributed by atoms with van der Waals surface area (Å²) in [5.41, 5.74) is 1.14. The fourth-order valence-corrected chi connectivity index (χ4v) is 3.12. The number of carbonyl (C=O) groups is 2. The molecule has 1 amide bonds. The summed E-state index contributed by atoms with van der Waals surface area (Å²) in [6.45, 7) is 0. The lowest BCUT2D eigenvalue weighted by Gasteiger charge is -2.17. The van der Waals surface area contributed by atoms with Crippen molar-refractivity contribution in [3.63, 3.8) is 0 Å². The normalized spacial score (nSPS) is 11.8. The van der Waals surface area contributed by atoms with Crippen molar-refractivity contribution in [1.29, 1.82) is 0 Å². The lowest BCUT2D eigenvalue weighted by molar-refractivity contribution is -0.149. The van der Waals surface area contributed by atoms with Crippen LogP contribution in [0.25, 0.3) is 6.08 Å². The number of methoxy groups -OCH3 is 1. The second kappa shape index (κ2) is 9.53. The van der Waals surface area contributed by atoms with Gasteiger partial charge in [-0.3, -0.25) is 4.79 Å². The maximum atomic E-state index is 12.8. The van der Waals surface area contributed by atoms with Crippen molar-refractivity contribution >= 4 is 35.0 Å². The number of ether oxygens (including phenoxy) is 2. The molecule has 3 aromatic rings. The van der Waals surface area contributed by atoms with E-state index in [0.29, 0.717) is 17.0 Å². The zero-order valence-electron chi connectivity index (χ0n) is 15.2. The molecule has 0 saturated carbocycles. The molecule has 1 aromatic heterocycles. The minimum absolute atomic E-state index is 0.447. The van der Waals surface area contributed by atoms with Crippen LogP contribution in [-0.4, -0.2) is 19.0 Å². The fraction of sp³-hybridized carbons (Fsp3) is 0.0909. The van der Waals surface area contributed by atoms with Gasteiger partial charge in [-0.15, -0.1) is 11.3 Å². The molecule has 1 unspecified atom stereocenters. The lowest BCUT2D eigenvalue weighted by atomic mass is 10.1. The molecule has 0 fully saturated rings. The molecule has 1 heterocycles. The Morgan fingerprint density at radius 3 is 2.57 bits per heavy atom. The molecule has 1 atom stereocenters. The number of nitrogens with one attached hydrogen (secondary N) is 1. The van der Waals surface area contributed by atoms with Gasteiger partial charge in [0.1, 0.15) is 5.75 Å². The predicted octanol–water partition coefficient (Wildman–Crippen LogP) is 4.69. The molecule has 6 heteroatoms. The van der Waals surface area contributed by atoms with E-state index in [4.69, 9.17) is 9.47 Å². The van der Waals surface area contributed by atoms with Crippen LogP contribution >= 0.6 is 11.3 Å². The van der Waals surface area contributed by atoms with Crippen molar-refractivity contribution < 1.29 is 19.1 Å². The molecule has 0 aliphatic rings. The molecule has 2 aromatic carbocycles. The molecule has 5 nitrogen and oxygen atoms in total. The Balaban J connectivity index is 1.76. The Kier molecular flexibility index (Phi) is 6.59. The average molecular weight is 393 g/mol. The summed E-state index contributed by atoms with van der Waals surface area (Å²) in [6.07, 6.45) is 1.91. The van der Waals surface area contributed by atoms with Crippen molar-refractivity contribution in [2.24, 2.45) is 0 Å². The summed E-state index contributed by atoms with van der Waals surface area (Å²) < 4.78 is 10.6. The van der Waals surface area contributed by atoms with E-state index in [1.807, 2.05) is 23.6 Å². The zero-order valence-corrected chi connectivity index (χ0v) is 16.0. The topological polar surface area (TPSA) is 64.6 Å². The van der Waals surface area contributed by atoms with E-state index >= 15 is 0 Å². The summed E-state index contributed by atoms with van der Waals surface area (Å²) in [5, 5.41) is 4.69. The van der Waals surface area contributed by atoms with Gasteiger partial charge in [-0.05, 0) is 29.7 Å². The van der Waals surface area contributed by atoms with Crippen molar-refractivity contribution in [1.82, 2.24) is 0 Å². The maximum Gasteiger partial charge on any atom is 0.331 e. The van der Waals surface area contributed by atoms with E-state index < -0.39 is 18.0 Å². The first-order valence-electron chi connectivity index (χ1n) is 8.58. The second-order valence-electron chi connectivity index (χ2n) is 5.80. The van der Waals surface area contributed by atoms with Crippen LogP contribution in [-0.2, 0) is 14.3 Å². The van der Waals surface area contributed by atoms with Crippen molar-refractivity contribution in [2.75, 3.05) is 12.4 Å². The average Bonchev–Trinajstić information content (AvgIpc) is 3.25. The number of rotatable bonds is 7. The van der Waals surface area contributed by atoms with E-state index in [2.05, 4.69) is 5.32 Å². The van der Waals surface area contributed by atoms with E-state index in [1.54, 1.807) is 61.7 Å². The van der Waals surface area contributed by atoms with Gasteiger partial charge >= 0.3 is 5.97 Å². The molecule has 0 bridgehead atoms. The van der Waals surface area contributed by atoms with Crippen molar-refractivity contribution in [3.05, 3.63) is 88.6 Å². The third-order valence-corrected chi connectivity index (χ3v) is 4.68. The predicted molar refractivity (Wildman–Crippen MR) is 110 cm³/mol. The first-order chi connectivity index (χ1) is 13.7. The van der Waals surface area contributed by atoms with Gasteiger partial charge in [-0.25, -0.2) is 4.79 Å². The van der Waals surface area contributed by atoms with Crippen LogP contribution in [0.4, 0.5) is 5.69 Å². The van der Waals surface area contributed by atoms with Gasteiger partial charge < -0.3 is 14.8 Å². The molecular formula is C22H19NO4S. The van der Waals surface area contributed by atoms with Crippen molar-refractivity contribution in [3.8, 4) is 5.75 Å². The monoisotopic (exact) mass is 393 g/mol. The standard InChI is InChI=1S/C22H19NO4S/c1-26-18-10-5-9-17(15-18)23-22(25)21(16-7-3-2-4-8-16)27-20(24)13-12-19-11-6-14-28-19/h2-15,21H,1H3,(H,23,25)/b13-12+. The van der Waals surface area contributed by atoms with Crippen LogP contribution in [0.15, 0.2) is 78.2 Å².